The van der Waals surface area contributed by atoms with Crippen LogP contribution in [-0.2, 0) is 6.54 Å². The Bertz CT molecular complexity index is 987. The van der Waals surface area contributed by atoms with Crippen molar-refractivity contribution in [1.82, 2.24) is 25.5 Å². The van der Waals surface area contributed by atoms with E-state index >= 15 is 0 Å². The highest BCUT2D eigenvalue weighted by molar-refractivity contribution is 7.80. The summed E-state index contributed by atoms with van der Waals surface area (Å²) < 4.78 is 5.56. The van der Waals surface area contributed by atoms with Crippen LogP contribution in [0, 0.1) is 0 Å². The Balaban J connectivity index is 1.64. The first-order chi connectivity index (χ1) is 13.0. The largest absolute Gasteiger partial charge is 0.451 e. The van der Waals surface area contributed by atoms with Crippen molar-refractivity contribution in [1.29, 1.82) is 0 Å². The zero-order chi connectivity index (χ0) is 19.4. The van der Waals surface area contributed by atoms with Gasteiger partial charge in [-0.25, -0.2) is 0 Å². The van der Waals surface area contributed by atoms with Gasteiger partial charge in [0, 0.05) is 10.6 Å². The van der Waals surface area contributed by atoms with Crippen LogP contribution in [0.3, 0.4) is 0 Å². The Hall–Kier alpha value is -2.49. The van der Waals surface area contributed by atoms with Gasteiger partial charge in [0.15, 0.2) is 10.9 Å². The predicted molar refractivity (Wildman–Crippen MR) is 106 cm³/mol. The lowest BCUT2D eigenvalue weighted by Crippen LogP contribution is -2.34. The molecule has 0 aliphatic carbocycles. The molecule has 0 unspecified atom stereocenters. The molecule has 3 rings (SSSR count). The van der Waals surface area contributed by atoms with Crippen molar-refractivity contribution in [2.75, 3.05) is 5.32 Å². The highest BCUT2D eigenvalue weighted by atomic mass is 35.5. The van der Waals surface area contributed by atoms with Crippen molar-refractivity contribution in [3.63, 3.8) is 0 Å². The van der Waals surface area contributed by atoms with E-state index in [0.29, 0.717) is 27.9 Å². The minimum absolute atomic E-state index is 0.0264. The lowest BCUT2D eigenvalue weighted by molar-refractivity contribution is 0.0951. The summed E-state index contributed by atoms with van der Waals surface area (Å²) in [6.45, 7) is 2.63. The van der Waals surface area contributed by atoms with Gasteiger partial charge in [-0.15, -0.1) is 5.10 Å². The van der Waals surface area contributed by atoms with Crippen molar-refractivity contribution in [3.05, 3.63) is 46.1 Å². The van der Waals surface area contributed by atoms with Crippen LogP contribution in [0.1, 0.15) is 23.9 Å². The lowest BCUT2D eigenvalue weighted by Gasteiger charge is -2.05. The Morgan fingerprint density at radius 3 is 2.85 bits per heavy atom. The zero-order valence-electron chi connectivity index (χ0n) is 14.1. The van der Waals surface area contributed by atoms with E-state index in [-0.39, 0.29) is 16.8 Å². The number of carbonyl (C=O) groups is 1. The number of aromatic nitrogens is 4. The fourth-order valence-electron chi connectivity index (χ4n) is 2.18. The van der Waals surface area contributed by atoms with Gasteiger partial charge in [-0.2, -0.15) is 4.80 Å². The normalized spacial score (nSPS) is 10.6. The summed E-state index contributed by atoms with van der Waals surface area (Å²) >= 11 is 17.1. The number of furan rings is 1. The first-order valence-corrected chi connectivity index (χ1v) is 9.08. The van der Waals surface area contributed by atoms with E-state index in [0.717, 1.165) is 6.42 Å². The Kier molecular flexibility index (Phi) is 6.04. The Morgan fingerprint density at radius 1 is 1.30 bits per heavy atom. The number of hydrogen-bond acceptors (Lipinski definition) is 6. The standard InChI is InChI=1S/C16H14Cl2N6O2S/c1-2-7-24-22-15(21-23-24)20-16(27)19-14(25)13-6-5-12(26-13)10-4-3-9(17)8-11(10)18/h3-6,8H,2,7H2,1H3,(H2,19,20,22,25,27). The van der Waals surface area contributed by atoms with Gasteiger partial charge in [-0.3, -0.25) is 15.4 Å². The average molecular weight is 425 g/mol. The molecule has 0 spiro atoms. The molecule has 11 heteroatoms. The van der Waals surface area contributed by atoms with E-state index in [9.17, 15) is 4.79 Å². The molecule has 140 valence electrons. The summed E-state index contributed by atoms with van der Waals surface area (Å²) in [4.78, 5) is 13.7. The number of nitrogens with one attached hydrogen (secondary N) is 2. The maximum atomic E-state index is 12.3. The number of tetrazole rings is 1. The van der Waals surface area contributed by atoms with Gasteiger partial charge in [-0.1, -0.05) is 35.2 Å². The number of amides is 1. The molecule has 2 N–H and O–H groups in total. The van der Waals surface area contributed by atoms with Crippen LogP contribution in [0.4, 0.5) is 5.95 Å². The van der Waals surface area contributed by atoms with Crippen molar-refractivity contribution in [2.24, 2.45) is 0 Å². The summed E-state index contributed by atoms with van der Waals surface area (Å²) in [7, 11) is 0. The van der Waals surface area contributed by atoms with Gasteiger partial charge >= 0.3 is 0 Å². The maximum absolute atomic E-state index is 12.3. The van der Waals surface area contributed by atoms with E-state index in [1.807, 2.05) is 6.92 Å². The molecular formula is C16H14Cl2N6O2S. The molecule has 0 radical (unpaired) electrons. The van der Waals surface area contributed by atoms with Gasteiger partial charge < -0.3 is 4.42 Å². The molecule has 8 nitrogen and oxygen atoms in total. The molecule has 2 heterocycles. The molecule has 0 atom stereocenters. The number of anilines is 1. The van der Waals surface area contributed by atoms with Crippen LogP contribution in [0.15, 0.2) is 34.7 Å². The highest BCUT2D eigenvalue weighted by Gasteiger charge is 2.16. The van der Waals surface area contributed by atoms with Crippen molar-refractivity contribution >= 4 is 52.4 Å². The van der Waals surface area contributed by atoms with Crippen LogP contribution < -0.4 is 10.6 Å². The van der Waals surface area contributed by atoms with Gasteiger partial charge in [0.05, 0.1) is 11.6 Å². The maximum Gasteiger partial charge on any atom is 0.293 e. The number of thiocarbonyl (C=S) groups is 1. The van der Waals surface area contributed by atoms with Crippen molar-refractivity contribution in [2.45, 2.75) is 19.9 Å². The van der Waals surface area contributed by atoms with E-state index in [4.69, 9.17) is 39.8 Å². The van der Waals surface area contributed by atoms with Crippen molar-refractivity contribution in [3.8, 4) is 11.3 Å². The second-order valence-corrected chi connectivity index (χ2v) is 6.66. The third-order valence-electron chi connectivity index (χ3n) is 3.36. The number of benzene rings is 1. The lowest BCUT2D eigenvalue weighted by atomic mass is 10.2. The molecule has 0 aliphatic rings. The molecule has 1 aromatic carbocycles. The fraction of sp³-hybridized carbons (Fsp3) is 0.188. The predicted octanol–water partition coefficient (Wildman–Crippen LogP) is 3.78. The summed E-state index contributed by atoms with van der Waals surface area (Å²) in [6.07, 6.45) is 0.870. The third kappa shape index (κ3) is 4.82. The van der Waals surface area contributed by atoms with E-state index in [2.05, 4.69) is 26.0 Å². The van der Waals surface area contributed by atoms with Crippen LogP contribution >= 0.6 is 35.4 Å². The van der Waals surface area contributed by atoms with Gasteiger partial charge in [0.1, 0.15) is 5.76 Å². The number of nitrogens with zero attached hydrogens (tertiary/aromatic N) is 4. The summed E-state index contributed by atoms with van der Waals surface area (Å²) in [5, 5.41) is 17.9. The smallest absolute Gasteiger partial charge is 0.293 e. The van der Waals surface area contributed by atoms with Gasteiger partial charge in [0.25, 0.3) is 11.9 Å². The van der Waals surface area contributed by atoms with Crippen LogP contribution in [0.25, 0.3) is 11.3 Å². The number of hydrogen-bond donors (Lipinski definition) is 2. The minimum Gasteiger partial charge on any atom is -0.451 e. The van der Waals surface area contributed by atoms with Crippen molar-refractivity contribution < 1.29 is 9.21 Å². The minimum atomic E-state index is -0.523. The van der Waals surface area contributed by atoms with Crippen LogP contribution in [-0.4, -0.2) is 31.2 Å². The van der Waals surface area contributed by atoms with Crippen LogP contribution in [0.2, 0.25) is 10.0 Å². The highest BCUT2D eigenvalue weighted by Crippen LogP contribution is 2.31. The van der Waals surface area contributed by atoms with E-state index in [1.165, 1.54) is 10.9 Å². The molecule has 2 aromatic heterocycles. The summed E-state index contributed by atoms with van der Waals surface area (Å²) in [5.74, 6) is 0.180. The third-order valence-corrected chi connectivity index (χ3v) is 4.11. The molecule has 1 amide bonds. The second kappa shape index (κ2) is 8.47. The topological polar surface area (TPSA) is 97.9 Å². The monoisotopic (exact) mass is 424 g/mol. The number of rotatable bonds is 5. The average Bonchev–Trinajstić information content (AvgIpc) is 3.25. The molecule has 0 saturated heterocycles. The summed E-state index contributed by atoms with van der Waals surface area (Å²) in [5.41, 5.74) is 0.623. The molecule has 3 aromatic rings. The van der Waals surface area contributed by atoms with Gasteiger partial charge in [-0.05, 0) is 54.2 Å². The number of aryl methyl sites for hydroxylation is 1. The molecule has 0 fully saturated rings. The fourth-order valence-corrected chi connectivity index (χ4v) is 2.87. The molecule has 27 heavy (non-hydrogen) atoms. The molecule has 0 saturated carbocycles. The number of carbonyl (C=O) groups excluding carboxylic acids is 1. The quantitative estimate of drug-likeness (QED) is 0.601. The van der Waals surface area contributed by atoms with E-state index < -0.39 is 5.91 Å². The molecular weight excluding hydrogens is 411 g/mol. The first kappa shape index (κ1) is 19.3. The van der Waals surface area contributed by atoms with Crippen LogP contribution in [0.5, 0.6) is 0 Å². The SMILES string of the molecule is CCCn1nnc(NC(=S)NC(=O)c2ccc(-c3ccc(Cl)cc3Cl)o2)n1. The summed E-state index contributed by atoms with van der Waals surface area (Å²) in [6, 6.07) is 8.15. The Morgan fingerprint density at radius 2 is 2.11 bits per heavy atom. The molecule has 0 aliphatic heterocycles. The zero-order valence-corrected chi connectivity index (χ0v) is 16.4. The first-order valence-electron chi connectivity index (χ1n) is 7.91. The van der Waals surface area contributed by atoms with Gasteiger partial charge in [0.2, 0.25) is 0 Å². The second-order valence-electron chi connectivity index (χ2n) is 5.41. The molecule has 0 bridgehead atoms. The Labute approximate surface area is 169 Å². The number of halogens is 2. The van der Waals surface area contributed by atoms with E-state index in [1.54, 1.807) is 24.3 Å².